The van der Waals surface area contributed by atoms with E-state index < -0.39 is 30.2 Å². The largest absolute Gasteiger partial charge is 0.458 e. The van der Waals surface area contributed by atoms with Crippen LogP contribution in [0.4, 0.5) is 0 Å². The molecule has 2 aliphatic heterocycles. The number of fused-ring (bicyclic) bond motifs is 1. The van der Waals surface area contributed by atoms with Crippen molar-refractivity contribution in [3.8, 4) is 0 Å². The summed E-state index contributed by atoms with van der Waals surface area (Å²) < 4.78 is 23.5. The van der Waals surface area contributed by atoms with E-state index in [0.29, 0.717) is 19.3 Å². The Morgan fingerprint density at radius 1 is 1.12 bits per heavy atom. The van der Waals surface area contributed by atoms with E-state index in [9.17, 15) is 15.0 Å². The fourth-order valence-electron chi connectivity index (χ4n) is 4.85. The lowest BCUT2D eigenvalue weighted by molar-refractivity contribution is -0.342. The smallest absolute Gasteiger partial charge is 0.309 e. The first-order valence-electron chi connectivity index (χ1n) is 11.3. The summed E-state index contributed by atoms with van der Waals surface area (Å²) in [6.07, 6.45) is -0.516. The fourth-order valence-corrected chi connectivity index (χ4v) is 4.85. The maximum absolute atomic E-state index is 12.7. The number of rotatable bonds is 6. The van der Waals surface area contributed by atoms with Crippen LogP contribution in [0.2, 0.25) is 0 Å². The van der Waals surface area contributed by atoms with Crippen molar-refractivity contribution in [1.29, 1.82) is 0 Å². The van der Waals surface area contributed by atoms with Crippen LogP contribution in [0.5, 0.6) is 0 Å². The topological polar surface area (TPSA) is 94.5 Å². The summed E-state index contributed by atoms with van der Waals surface area (Å²) in [5.74, 6) is -1.43. The number of benzene rings is 2. The van der Waals surface area contributed by atoms with E-state index in [4.69, 9.17) is 18.9 Å². The monoisotopic (exact) mass is 444 g/mol. The number of esters is 1. The van der Waals surface area contributed by atoms with Gasteiger partial charge in [0.1, 0.15) is 6.10 Å². The molecule has 0 bridgehead atoms. The van der Waals surface area contributed by atoms with Crippen LogP contribution >= 0.6 is 0 Å². The lowest BCUT2D eigenvalue weighted by atomic mass is 9.89. The average molecular weight is 445 g/mol. The molecule has 174 valence electrons. The molecule has 2 N–H and O–H groups in total. The van der Waals surface area contributed by atoms with E-state index in [1.807, 2.05) is 49.4 Å². The Morgan fingerprint density at radius 2 is 1.88 bits per heavy atom. The first-order chi connectivity index (χ1) is 15.4. The molecule has 7 nitrogen and oxygen atoms in total. The highest BCUT2D eigenvalue weighted by atomic mass is 16.7. The summed E-state index contributed by atoms with van der Waals surface area (Å²) in [4.78, 5) is 12.7. The van der Waals surface area contributed by atoms with E-state index in [2.05, 4.69) is 0 Å². The molecule has 4 rings (SSSR count). The third-order valence-corrected chi connectivity index (χ3v) is 6.39. The standard InChI is InChI=1S/C25H32O7/c1-16(18-8-7-17-5-3-4-6-19(17)9-18)30-24(28)12-21-11-22(29-2)14-25(31-21)13-20(27)10-23(15-26)32-25/h3-9,16,20-23,26-27H,10-15H2,1-2H3/t16-,20?,21?,22?,23?,25?/m0/s1. The van der Waals surface area contributed by atoms with Crippen LogP contribution in [-0.2, 0) is 23.7 Å². The van der Waals surface area contributed by atoms with Crippen LogP contribution in [0.15, 0.2) is 42.5 Å². The molecule has 2 saturated heterocycles. The van der Waals surface area contributed by atoms with Gasteiger partial charge in [-0.1, -0.05) is 36.4 Å². The molecule has 5 unspecified atom stereocenters. The lowest BCUT2D eigenvalue weighted by Gasteiger charge is -2.48. The summed E-state index contributed by atoms with van der Waals surface area (Å²) in [6, 6.07) is 14.1. The third-order valence-electron chi connectivity index (χ3n) is 6.39. The molecule has 2 heterocycles. The minimum absolute atomic E-state index is 0.0583. The molecule has 0 aliphatic carbocycles. The third kappa shape index (κ3) is 5.30. The first kappa shape index (κ1) is 23.1. The minimum atomic E-state index is -1.07. The van der Waals surface area contributed by atoms with Gasteiger partial charge < -0.3 is 29.2 Å². The van der Waals surface area contributed by atoms with Crippen molar-refractivity contribution in [1.82, 2.24) is 0 Å². The Morgan fingerprint density at radius 3 is 2.62 bits per heavy atom. The van der Waals surface area contributed by atoms with E-state index in [0.717, 1.165) is 16.3 Å². The van der Waals surface area contributed by atoms with Crippen molar-refractivity contribution < 1.29 is 34.0 Å². The Labute approximate surface area is 188 Å². The molecule has 32 heavy (non-hydrogen) atoms. The van der Waals surface area contributed by atoms with Crippen molar-refractivity contribution >= 4 is 16.7 Å². The van der Waals surface area contributed by atoms with Crippen LogP contribution in [0, 0.1) is 0 Å². The number of aliphatic hydroxyl groups excluding tert-OH is 2. The van der Waals surface area contributed by atoms with Gasteiger partial charge in [0.25, 0.3) is 0 Å². The maximum atomic E-state index is 12.7. The van der Waals surface area contributed by atoms with Gasteiger partial charge in [-0.2, -0.15) is 0 Å². The molecule has 7 heteroatoms. The van der Waals surface area contributed by atoms with Crippen molar-refractivity contribution in [2.45, 2.75) is 75.3 Å². The van der Waals surface area contributed by atoms with Crippen molar-refractivity contribution in [3.05, 3.63) is 48.0 Å². The van der Waals surface area contributed by atoms with E-state index in [1.54, 1.807) is 7.11 Å². The first-order valence-corrected chi connectivity index (χ1v) is 11.3. The van der Waals surface area contributed by atoms with Gasteiger partial charge in [0.2, 0.25) is 0 Å². The number of carbonyl (C=O) groups is 1. The quantitative estimate of drug-likeness (QED) is 0.661. The molecule has 6 atom stereocenters. The molecular formula is C25H32O7. The lowest BCUT2D eigenvalue weighted by Crippen LogP contribution is -2.56. The van der Waals surface area contributed by atoms with Crippen molar-refractivity contribution in [2.75, 3.05) is 13.7 Å². The van der Waals surface area contributed by atoms with Crippen LogP contribution in [0.3, 0.4) is 0 Å². The van der Waals surface area contributed by atoms with Crippen LogP contribution < -0.4 is 0 Å². The highest BCUT2D eigenvalue weighted by Gasteiger charge is 2.49. The molecule has 0 saturated carbocycles. The predicted molar refractivity (Wildman–Crippen MR) is 118 cm³/mol. The van der Waals surface area contributed by atoms with Gasteiger partial charge in [0.15, 0.2) is 5.79 Å². The molecule has 0 radical (unpaired) electrons. The number of ether oxygens (including phenoxy) is 4. The maximum Gasteiger partial charge on any atom is 0.309 e. The molecule has 1 spiro atoms. The normalized spacial score (nSPS) is 31.5. The van der Waals surface area contributed by atoms with Crippen molar-refractivity contribution in [2.24, 2.45) is 0 Å². The molecular weight excluding hydrogens is 412 g/mol. The highest BCUT2D eigenvalue weighted by Crippen LogP contribution is 2.41. The second kappa shape index (κ2) is 9.85. The van der Waals surface area contributed by atoms with Crippen LogP contribution in [-0.4, -0.2) is 60.1 Å². The van der Waals surface area contributed by atoms with Gasteiger partial charge in [0, 0.05) is 32.8 Å². The number of aliphatic hydroxyl groups is 2. The van der Waals surface area contributed by atoms with Gasteiger partial charge in [-0.05, 0) is 29.3 Å². The highest BCUT2D eigenvalue weighted by molar-refractivity contribution is 5.83. The number of carbonyl (C=O) groups excluding carboxylic acids is 1. The summed E-state index contributed by atoms with van der Waals surface area (Å²) in [5, 5.41) is 22.0. The summed E-state index contributed by atoms with van der Waals surface area (Å²) in [7, 11) is 1.61. The number of hydrogen-bond donors (Lipinski definition) is 2. The Balaban J connectivity index is 1.41. The van der Waals surface area contributed by atoms with E-state index >= 15 is 0 Å². The zero-order valence-corrected chi connectivity index (χ0v) is 18.6. The Kier molecular flexibility index (Phi) is 7.12. The molecule has 2 aromatic rings. The Bertz CT molecular complexity index is 927. The van der Waals surface area contributed by atoms with Gasteiger partial charge in [-0.3, -0.25) is 4.79 Å². The predicted octanol–water partition coefficient (Wildman–Crippen LogP) is 3.26. The molecule has 2 fully saturated rings. The van der Waals surface area contributed by atoms with E-state index in [1.165, 1.54) is 0 Å². The number of hydrogen-bond acceptors (Lipinski definition) is 7. The number of methoxy groups -OCH3 is 1. The Hall–Kier alpha value is -2.03. The van der Waals surface area contributed by atoms with Gasteiger partial charge >= 0.3 is 5.97 Å². The summed E-state index contributed by atoms with van der Waals surface area (Å²) in [5.41, 5.74) is 0.928. The van der Waals surface area contributed by atoms with Crippen molar-refractivity contribution in [3.63, 3.8) is 0 Å². The molecule has 0 aromatic heterocycles. The van der Waals surface area contributed by atoms with Gasteiger partial charge in [0.05, 0.1) is 37.4 Å². The van der Waals surface area contributed by atoms with Crippen LogP contribution in [0.25, 0.3) is 10.8 Å². The molecule has 0 amide bonds. The van der Waals surface area contributed by atoms with Gasteiger partial charge in [-0.15, -0.1) is 0 Å². The zero-order chi connectivity index (χ0) is 22.7. The van der Waals surface area contributed by atoms with Gasteiger partial charge in [-0.25, -0.2) is 0 Å². The SMILES string of the molecule is COC1CC(CC(=O)O[C@@H](C)c2ccc3ccccc3c2)OC2(CC(O)CC(CO)O2)C1. The summed E-state index contributed by atoms with van der Waals surface area (Å²) in [6.45, 7) is 1.66. The zero-order valence-electron chi connectivity index (χ0n) is 18.6. The van der Waals surface area contributed by atoms with E-state index in [-0.39, 0.29) is 31.5 Å². The average Bonchev–Trinajstić information content (AvgIpc) is 2.77. The second-order valence-corrected chi connectivity index (χ2v) is 8.91. The van der Waals surface area contributed by atoms with Crippen LogP contribution in [0.1, 0.15) is 50.7 Å². The molecule has 2 aliphatic rings. The fraction of sp³-hybridized carbons (Fsp3) is 0.560. The second-order valence-electron chi connectivity index (χ2n) is 8.91. The molecule has 2 aromatic carbocycles. The summed E-state index contributed by atoms with van der Waals surface area (Å²) >= 11 is 0. The minimum Gasteiger partial charge on any atom is -0.458 e.